The fourth-order valence-corrected chi connectivity index (χ4v) is 3.65. The highest BCUT2D eigenvalue weighted by atomic mass is 35.5. The molecule has 0 bridgehead atoms. The molecule has 4 aromatic rings. The van der Waals surface area contributed by atoms with Crippen LogP contribution in [-0.4, -0.2) is 41.9 Å². The third-order valence-corrected chi connectivity index (χ3v) is 5.67. The molecule has 1 N–H and O–H groups in total. The van der Waals surface area contributed by atoms with Crippen LogP contribution in [0.5, 0.6) is 0 Å². The van der Waals surface area contributed by atoms with Gasteiger partial charge in [-0.1, -0.05) is 42.4 Å². The fraction of sp³-hybridized carbons (Fsp3) is 0.263. The number of nitrogens with zero attached hydrogens (tertiary/aromatic N) is 5. The number of carbonyl (C=O) groups is 1. The maximum absolute atomic E-state index is 12.0. The second kappa shape index (κ2) is 7.81. The van der Waals surface area contributed by atoms with E-state index >= 15 is 0 Å². The van der Waals surface area contributed by atoms with Gasteiger partial charge in [0, 0.05) is 29.0 Å². The summed E-state index contributed by atoms with van der Waals surface area (Å²) in [7, 11) is 0. The van der Waals surface area contributed by atoms with Crippen LogP contribution in [-0.2, 0) is 4.79 Å². The van der Waals surface area contributed by atoms with Gasteiger partial charge in [-0.3, -0.25) is 9.20 Å². The molecule has 1 amide bonds. The minimum atomic E-state index is -0.00782. The highest BCUT2D eigenvalue weighted by molar-refractivity contribution is 7.99. The molecule has 3 heterocycles. The van der Waals surface area contributed by atoms with Crippen LogP contribution in [0.15, 0.2) is 47.9 Å². The Morgan fingerprint density at radius 2 is 2.04 bits per heavy atom. The maximum atomic E-state index is 12.0. The molecule has 0 saturated heterocycles. The molecule has 1 atom stereocenters. The summed E-state index contributed by atoms with van der Waals surface area (Å²) in [4.78, 5) is 12.0. The molecular weight excluding hydrogens is 396 g/mol. The lowest BCUT2D eigenvalue weighted by atomic mass is 10.1. The molecule has 1 unspecified atom stereocenters. The van der Waals surface area contributed by atoms with Crippen molar-refractivity contribution >= 4 is 40.4 Å². The molecule has 0 fully saturated rings. The van der Waals surface area contributed by atoms with Crippen molar-refractivity contribution in [2.24, 2.45) is 0 Å². The first-order valence-corrected chi connectivity index (χ1v) is 10.3. The number of carbonyl (C=O) groups excluding carboxylic acids is 1. The molecule has 0 spiro atoms. The minimum Gasteiger partial charge on any atom is -0.353 e. The zero-order valence-electron chi connectivity index (χ0n) is 15.5. The van der Waals surface area contributed by atoms with Crippen LogP contribution in [0.25, 0.3) is 22.4 Å². The van der Waals surface area contributed by atoms with Gasteiger partial charge < -0.3 is 5.32 Å². The summed E-state index contributed by atoms with van der Waals surface area (Å²) in [6, 6.07) is 9.68. The van der Waals surface area contributed by atoms with Crippen LogP contribution in [0.4, 0.5) is 0 Å². The molecule has 4 rings (SSSR count). The van der Waals surface area contributed by atoms with Gasteiger partial charge >= 0.3 is 0 Å². The zero-order chi connectivity index (χ0) is 19.7. The second-order valence-corrected chi connectivity index (χ2v) is 7.89. The molecule has 7 nitrogen and oxygen atoms in total. The average Bonchev–Trinajstić information content (AvgIpc) is 3.30. The van der Waals surface area contributed by atoms with Crippen molar-refractivity contribution in [1.29, 1.82) is 0 Å². The lowest BCUT2D eigenvalue weighted by Crippen LogP contribution is -2.33. The van der Waals surface area contributed by atoms with E-state index in [1.165, 1.54) is 11.8 Å². The Balaban J connectivity index is 1.61. The number of fused-ring (bicyclic) bond motifs is 3. The van der Waals surface area contributed by atoms with Gasteiger partial charge in [-0.15, -0.1) is 10.2 Å². The van der Waals surface area contributed by atoms with E-state index in [0.717, 1.165) is 23.2 Å². The van der Waals surface area contributed by atoms with Crippen molar-refractivity contribution in [3.05, 3.63) is 47.7 Å². The number of nitrogens with one attached hydrogen (secondary N) is 1. The van der Waals surface area contributed by atoms with Crippen LogP contribution in [0, 0.1) is 0 Å². The van der Waals surface area contributed by atoms with E-state index in [-0.39, 0.29) is 11.9 Å². The van der Waals surface area contributed by atoms with Gasteiger partial charge in [-0.25, -0.2) is 4.52 Å². The average molecular weight is 415 g/mol. The van der Waals surface area contributed by atoms with E-state index < -0.39 is 0 Å². The molecule has 1 aromatic carbocycles. The molecule has 0 radical (unpaired) electrons. The summed E-state index contributed by atoms with van der Waals surface area (Å²) in [5, 5.41) is 17.5. The van der Waals surface area contributed by atoms with Gasteiger partial charge in [-0.05, 0) is 31.5 Å². The van der Waals surface area contributed by atoms with Gasteiger partial charge in [0.25, 0.3) is 0 Å². The topological polar surface area (TPSA) is 76.6 Å². The number of thioether (sulfide) groups is 1. The Kier molecular flexibility index (Phi) is 5.23. The first-order chi connectivity index (χ1) is 13.5. The lowest BCUT2D eigenvalue weighted by Gasteiger charge is -2.10. The number of aromatic nitrogens is 5. The van der Waals surface area contributed by atoms with Crippen molar-refractivity contribution in [3.63, 3.8) is 0 Å². The Labute approximate surface area is 171 Å². The maximum Gasteiger partial charge on any atom is 0.230 e. The standard InChI is InChI=1S/C19H19ClN6OS/c1-3-12(2)21-17(27)11-28-19-23-22-18-16-10-15(13-4-6-14(20)7-5-13)24-26(16)9-8-25(18)19/h4-10,12H,3,11H2,1-2H3,(H,21,27). The van der Waals surface area contributed by atoms with Gasteiger partial charge in [0.1, 0.15) is 5.52 Å². The number of hydrogen-bond donors (Lipinski definition) is 1. The van der Waals surface area contributed by atoms with Crippen LogP contribution in [0.3, 0.4) is 0 Å². The van der Waals surface area contributed by atoms with Gasteiger partial charge in [-0.2, -0.15) is 5.10 Å². The Hall–Kier alpha value is -2.58. The Morgan fingerprint density at radius 1 is 1.25 bits per heavy atom. The number of amides is 1. The number of rotatable bonds is 6. The van der Waals surface area contributed by atoms with Crippen molar-refractivity contribution in [2.75, 3.05) is 5.75 Å². The van der Waals surface area contributed by atoms with Gasteiger partial charge in [0.05, 0.1) is 11.4 Å². The van der Waals surface area contributed by atoms with Gasteiger partial charge in [0.2, 0.25) is 5.91 Å². The van der Waals surface area contributed by atoms with E-state index in [0.29, 0.717) is 21.6 Å². The van der Waals surface area contributed by atoms with Crippen LogP contribution in [0.1, 0.15) is 20.3 Å². The SMILES string of the molecule is CCC(C)NC(=O)CSc1nnc2c3cc(-c4ccc(Cl)cc4)nn3ccn12. The highest BCUT2D eigenvalue weighted by Crippen LogP contribution is 2.25. The van der Waals surface area contributed by atoms with E-state index in [2.05, 4.69) is 20.6 Å². The second-order valence-electron chi connectivity index (χ2n) is 6.51. The first-order valence-electron chi connectivity index (χ1n) is 8.96. The van der Waals surface area contributed by atoms with E-state index in [1.54, 1.807) is 4.52 Å². The molecule has 9 heteroatoms. The smallest absolute Gasteiger partial charge is 0.230 e. The van der Waals surface area contributed by atoms with Crippen LogP contribution >= 0.6 is 23.4 Å². The lowest BCUT2D eigenvalue weighted by molar-refractivity contribution is -0.119. The summed E-state index contributed by atoms with van der Waals surface area (Å²) in [5.74, 6) is 0.289. The number of halogens is 1. The predicted octanol–water partition coefficient (Wildman–Crippen LogP) is 3.70. The first kappa shape index (κ1) is 18.8. The molecular formula is C19H19ClN6OS. The summed E-state index contributed by atoms with van der Waals surface area (Å²) in [6.45, 7) is 4.03. The van der Waals surface area contributed by atoms with E-state index in [1.807, 2.05) is 61.0 Å². The van der Waals surface area contributed by atoms with Crippen LogP contribution < -0.4 is 5.32 Å². The minimum absolute atomic E-state index is 0.00782. The van der Waals surface area contributed by atoms with Crippen molar-refractivity contribution in [3.8, 4) is 11.3 Å². The third kappa shape index (κ3) is 3.70. The van der Waals surface area contributed by atoms with Crippen molar-refractivity contribution < 1.29 is 4.79 Å². The van der Waals surface area contributed by atoms with Crippen molar-refractivity contribution in [1.82, 2.24) is 29.5 Å². The molecule has 144 valence electrons. The van der Waals surface area contributed by atoms with E-state index in [4.69, 9.17) is 11.6 Å². The largest absolute Gasteiger partial charge is 0.353 e. The molecule has 3 aromatic heterocycles. The zero-order valence-corrected chi connectivity index (χ0v) is 17.0. The summed E-state index contributed by atoms with van der Waals surface area (Å²) in [6.07, 6.45) is 4.61. The number of benzene rings is 1. The molecule has 0 saturated carbocycles. The summed E-state index contributed by atoms with van der Waals surface area (Å²) >= 11 is 7.33. The normalized spacial score (nSPS) is 12.5. The molecule has 0 aliphatic heterocycles. The third-order valence-electron chi connectivity index (χ3n) is 4.48. The van der Waals surface area contributed by atoms with Gasteiger partial charge in [0.15, 0.2) is 10.8 Å². The fourth-order valence-electron chi connectivity index (χ4n) is 2.80. The highest BCUT2D eigenvalue weighted by Gasteiger charge is 2.14. The number of hydrogen-bond acceptors (Lipinski definition) is 5. The Bertz CT molecular complexity index is 1140. The summed E-state index contributed by atoms with van der Waals surface area (Å²) < 4.78 is 3.65. The predicted molar refractivity (Wildman–Crippen MR) is 111 cm³/mol. The monoisotopic (exact) mass is 414 g/mol. The van der Waals surface area contributed by atoms with E-state index in [9.17, 15) is 4.79 Å². The summed E-state index contributed by atoms with van der Waals surface area (Å²) in [5.41, 5.74) is 3.34. The Morgan fingerprint density at radius 3 is 2.79 bits per heavy atom. The molecule has 28 heavy (non-hydrogen) atoms. The van der Waals surface area contributed by atoms with Crippen LogP contribution in [0.2, 0.25) is 5.02 Å². The molecule has 0 aliphatic carbocycles. The quantitative estimate of drug-likeness (QED) is 0.487. The molecule has 0 aliphatic rings. The van der Waals surface area contributed by atoms with Crippen molar-refractivity contribution in [2.45, 2.75) is 31.5 Å².